The van der Waals surface area contributed by atoms with E-state index in [1.807, 2.05) is 40.2 Å². The quantitative estimate of drug-likeness (QED) is 0.441. The number of hydrogen-bond donors (Lipinski definition) is 2. The fourth-order valence-electron chi connectivity index (χ4n) is 3.80. The van der Waals surface area contributed by atoms with Crippen molar-refractivity contribution < 1.29 is 4.79 Å². The normalized spacial score (nSPS) is 11.6. The molecule has 0 atom stereocenters. The third-order valence-corrected chi connectivity index (χ3v) is 6.26. The van der Waals surface area contributed by atoms with Crippen LogP contribution in [0.4, 0.5) is 0 Å². The summed E-state index contributed by atoms with van der Waals surface area (Å²) in [6, 6.07) is 10.0. The largest absolute Gasteiger partial charge is 0.361 e. The van der Waals surface area contributed by atoms with E-state index in [0.717, 1.165) is 17.5 Å². The van der Waals surface area contributed by atoms with Gasteiger partial charge in [0.2, 0.25) is 11.7 Å². The second kappa shape index (κ2) is 7.42. The van der Waals surface area contributed by atoms with Gasteiger partial charge in [0.1, 0.15) is 10.5 Å². The molecule has 0 saturated carbocycles. The first-order valence-corrected chi connectivity index (χ1v) is 10.6. The molecular formula is C21H20N6O2S. The number of nitrogens with one attached hydrogen (secondary N) is 2. The maximum absolute atomic E-state index is 12.4. The number of nitrogens with zero attached hydrogens (tertiary/aromatic N) is 4. The summed E-state index contributed by atoms with van der Waals surface area (Å²) in [4.78, 5) is 28.0. The van der Waals surface area contributed by atoms with Gasteiger partial charge in [-0.1, -0.05) is 18.2 Å². The van der Waals surface area contributed by atoms with Crippen LogP contribution in [0, 0.1) is 0 Å². The lowest BCUT2D eigenvalue weighted by Gasteiger charge is -2.06. The van der Waals surface area contributed by atoms with Crippen LogP contribution >= 0.6 is 11.3 Å². The second-order valence-electron chi connectivity index (χ2n) is 7.21. The SMILES string of the molecule is Cn1c(=O)c2sccc2n2c(CCC(=O)NCCc3c[nH]c4ccccc34)nnc12. The van der Waals surface area contributed by atoms with Crippen molar-refractivity contribution in [2.24, 2.45) is 7.05 Å². The predicted octanol–water partition coefficient (Wildman–Crippen LogP) is 2.42. The van der Waals surface area contributed by atoms with Gasteiger partial charge in [0.25, 0.3) is 5.56 Å². The zero-order chi connectivity index (χ0) is 20.7. The molecule has 0 aliphatic heterocycles. The molecule has 0 aliphatic carbocycles. The maximum Gasteiger partial charge on any atom is 0.272 e. The smallest absolute Gasteiger partial charge is 0.272 e. The Kier molecular flexibility index (Phi) is 4.59. The van der Waals surface area contributed by atoms with Gasteiger partial charge in [0, 0.05) is 43.5 Å². The van der Waals surface area contributed by atoms with E-state index >= 15 is 0 Å². The minimum Gasteiger partial charge on any atom is -0.361 e. The number of hydrogen-bond acceptors (Lipinski definition) is 5. The van der Waals surface area contributed by atoms with Crippen molar-refractivity contribution in [2.45, 2.75) is 19.3 Å². The monoisotopic (exact) mass is 420 g/mol. The van der Waals surface area contributed by atoms with Crippen LogP contribution in [0.2, 0.25) is 0 Å². The Bertz CT molecular complexity index is 1440. The Morgan fingerprint density at radius 3 is 2.97 bits per heavy atom. The summed E-state index contributed by atoms with van der Waals surface area (Å²) in [7, 11) is 1.69. The number of thiophene rings is 1. The van der Waals surface area contributed by atoms with E-state index in [1.165, 1.54) is 26.9 Å². The molecule has 0 saturated heterocycles. The lowest BCUT2D eigenvalue weighted by Crippen LogP contribution is -2.26. The molecule has 5 rings (SSSR count). The number of fused-ring (bicyclic) bond motifs is 4. The molecule has 5 aromatic rings. The van der Waals surface area contributed by atoms with E-state index in [4.69, 9.17) is 0 Å². The molecule has 152 valence electrons. The van der Waals surface area contributed by atoms with Gasteiger partial charge >= 0.3 is 0 Å². The molecule has 4 heterocycles. The van der Waals surface area contributed by atoms with Crippen LogP contribution in [0.3, 0.4) is 0 Å². The lowest BCUT2D eigenvalue weighted by molar-refractivity contribution is -0.121. The van der Waals surface area contributed by atoms with E-state index in [0.29, 0.717) is 35.7 Å². The topological polar surface area (TPSA) is 97.1 Å². The first-order chi connectivity index (χ1) is 14.6. The van der Waals surface area contributed by atoms with Gasteiger partial charge in [-0.3, -0.25) is 18.6 Å². The summed E-state index contributed by atoms with van der Waals surface area (Å²) >= 11 is 1.40. The number of carbonyl (C=O) groups excluding carboxylic acids is 1. The van der Waals surface area contributed by atoms with E-state index in [-0.39, 0.29) is 11.5 Å². The molecule has 1 aromatic carbocycles. The highest BCUT2D eigenvalue weighted by Gasteiger charge is 2.16. The molecule has 30 heavy (non-hydrogen) atoms. The van der Waals surface area contributed by atoms with Crippen LogP contribution in [0.5, 0.6) is 0 Å². The Labute approximate surface area is 175 Å². The predicted molar refractivity (Wildman–Crippen MR) is 117 cm³/mol. The number of rotatable bonds is 6. The van der Waals surface area contributed by atoms with E-state index < -0.39 is 0 Å². The van der Waals surface area contributed by atoms with E-state index in [1.54, 1.807) is 7.05 Å². The number of para-hydroxylation sites is 1. The molecule has 0 spiro atoms. The minimum atomic E-state index is -0.0820. The molecule has 0 aliphatic rings. The number of carbonyl (C=O) groups is 1. The van der Waals surface area contributed by atoms with Crippen LogP contribution in [0.1, 0.15) is 17.8 Å². The van der Waals surface area contributed by atoms with Crippen molar-refractivity contribution in [3.8, 4) is 0 Å². The third-order valence-electron chi connectivity index (χ3n) is 5.36. The van der Waals surface area contributed by atoms with Crippen molar-refractivity contribution in [3.63, 3.8) is 0 Å². The first kappa shape index (κ1) is 18.6. The molecule has 0 bridgehead atoms. The molecule has 1 amide bonds. The summed E-state index contributed by atoms with van der Waals surface area (Å²) < 4.78 is 4.03. The van der Waals surface area contributed by atoms with Crippen molar-refractivity contribution in [1.29, 1.82) is 0 Å². The number of benzene rings is 1. The Balaban J connectivity index is 1.26. The Morgan fingerprint density at radius 2 is 2.07 bits per heavy atom. The molecule has 0 radical (unpaired) electrons. The molecule has 0 fully saturated rings. The zero-order valence-electron chi connectivity index (χ0n) is 16.4. The number of aryl methyl sites for hydroxylation is 2. The highest BCUT2D eigenvalue weighted by Crippen LogP contribution is 2.20. The summed E-state index contributed by atoms with van der Waals surface area (Å²) in [5, 5.41) is 14.4. The van der Waals surface area contributed by atoms with Gasteiger partial charge in [0.05, 0.1) is 5.52 Å². The fraction of sp³-hybridized carbons (Fsp3) is 0.238. The van der Waals surface area contributed by atoms with Crippen molar-refractivity contribution >= 4 is 44.1 Å². The number of H-pyrrole nitrogens is 1. The van der Waals surface area contributed by atoms with E-state index in [2.05, 4.69) is 26.6 Å². The highest BCUT2D eigenvalue weighted by molar-refractivity contribution is 7.17. The van der Waals surface area contributed by atoms with Gasteiger partial charge in [-0.15, -0.1) is 21.5 Å². The van der Waals surface area contributed by atoms with Crippen molar-refractivity contribution in [2.75, 3.05) is 6.54 Å². The summed E-state index contributed by atoms with van der Waals surface area (Å²) in [6.07, 6.45) is 3.52. The highest BCUT2D eigenvalue weighted by atomic mass is 32.1. The van der Waals surface area contributed by atoms with Crippen LogP contribution in [-0.2, 0) is 24.7 Å². The van der Waals surface area contributed by atoms with Gasteiger partial charge in [-0.25, -0.2) is 0 Å². The maximum atomic E-state index is 12.4. The van der Waals surface area contributed by atoms with Crippen molar-refractivity contribution in [1.82, 2.24) is 29.5 Å². The molecule has 0 unspecified atom stereocenters. The molecule has 8 nitrogen and oxygen atoms in total. The number of amides is 1. The second-order valence-corrected chi connectivity index (χ2v) is 8.13. The van der Waals surface area contributed by atoms with Gasteiger partial charge in [-0.05, 0) is 29.5 Å². The van der Waals surface area contributed by atoms with Crippen molar-refractivity contribution in [3.05, 3.63) is 63.7 Å². The Hall–Kier alpha value is -3.46. The van der Waals surface area contributed by atoms with Gasteiger partial charge in [-0.2, -0.15) is 0 Å². The first-order valence-electron chi connectivity index (χ1n) is 9.75. The van der Waals surface area contributed by atoms with E-state index in [9.17, 15) is 9.59 Å². The van der Waals surface area contributed by atoms with Gasteiger partial charge in [0.15, 0.2) is 0 Å². The minimum absolute atomic E-state index is 0.0297. The van der Waals surface area contributed by atoms with Crippen LogP contribution < -0.4 is 10.9 Å². The molecule has 4 aromatic heterocycles. The Morgan fingerprint density at radius 1 is 1.20 bits per heavy atom. The summed E-state index contributed by atoms with van der Waals surface area (Å²) in [6.45, 7) is 0.574. The molecule has 9 heteroatoms. The standard InChI is InChI=1S/C21H20N6O2S/c1-26-20(29)19-16(9-11-30-19)27-17(24-25-21(26)27)6-7-18(28)22-10-8-13-12-23-15-5-3-2-4-14(13)15/h2-5,9,11-12,23H,6-8,10H2,1H3,(H,22,28). The third kappa shape index (κ3) is 3.07. The molecular weight excluding hydrogens is 400 g/mol. The molecule has 2 N–H and O–H groups in total. The summed E-state index contributed by atoms with van der Waals surface area (Å²) in [5.74, 6) is 1.13. The lowest BCUT2D eigenvalue weighted by atomic mass is 10.1. The summed E-state index contributed by atoms with van der Waals surface area (Å²) in [5.41, 5.74) is 3.00. The average Bonchev–Trinajstić information content (AvgIpc) is 3.48. The van der Waals surface area contributed by atoms with Crippen LogP contribution in [-0.4, -0.2) is 36.6 Å². The number of aromatic amines is 1. The average molecular weight is 420 g/mol. The number of aromatic nitrogens is 5. The van der Waals surface area contributed by atoms with Crippen LogP contribution in [0.25, 0.3) is 26.9 Å². The zero-order valence-corrected chi connectivity index (χ0v) is 17.2. The van der Waals surface area contributed by atoms with Crippen LogP contribution in [0.15, 0.2) is 46.7 Å². The van der Waals surface area contributed by atoms with Gasteiger partial charge < -0.3 is 10.3 Å². The fourth-order valence-corrected chi connectivity index (χ4v) is 4.65.